The molecule has 0 heterocycles. The third-order valence-electron chi connectivity index (χ3n) is 2.63. The minimum atomic E-state index is -0.471. The number of hydrogen-bond donors (Lipinski definition) is 3. The third-order valence-corrected chi connectivity index (χ3v) is 3.24. The summed E-state index contributed by atoms with van der Waals surface area (Å²) in [4.78, 5) is 12.1. The van der Waals surface area contributed by atoms with Crippen molar-refractivity contribution in [3.8, 4) is 11.5 Å². The summed E-state index contributed by atoms with van der Waals surface area (Å²) in [6.45, 7) is 0. The third kappa shape index (κ3) is 3.06. The van der Waals surface area contributed by atoms with Gasteiger partial charge in [0.1, 0.15) is 11.5 Å². The number of alkyl halides is 1. The zero-order chi connectivity index (χ0) is 13.8. The molecule has 4 nitrogen and oxygen atoms in total. The van der Waals surface area contributed by atoms with Gasteiger partial charge in [-0.05, 0) is 29.8 Å². The largest absolute Gasteiger partial charge is 0.508 e. The van der Waals surface area contributed by atoms with Crippen molar-refractivity contribution in [1.29, 1.82) is 0 Å². The van der Waals surface area contributed by atoms with Gasteiger partial charge in [0.2, 0.25) is 0 Å². The van der Waals surface area contributed by atoms with Crippen LogP contribution in [-0.2, 0) is 5.33 Å². The molecule has 5 heteroatoms. The molecule has 1 amide bonds. The van der Waals surface area contributed by atoms with E-state index in [1.165, 1.54) is 18.2 Å². The second-order valence-corrected chi connectivity index (χ2v) is 4.51. The van der Waals surface area contributed by atoms with Gasteiger partial charge in [-0.25, -0.2) is 0 Å². The van der Waals surface area contributed by atoms with E-state index in [0.29, 0.717) is 11.0 Å². The first-order chi connectivity index (χ1) is 9.11. The molecule has 0 unspecified atom stereocenters. The molecule has 0 fully saturated rings. The molecule has 0 saturated carbocycles. The average Bonchev–Trinajstić information content (AvgIpc) is 2.42. The minimum absolute atomic E-state index is 0.0318. The smallest absolute Gasteiger partial charge is 0.259 e. The van der Waals surface area contributed by atoms with E-state index in [1.807, 2.05) is 18.2 Å². The lowest BCUT2D eigenvalue weighted by Crippen LogP contribution is -2.13. The summed E-state index contributed by atoms with van der Waals surface area (Å²) in [6.07, 6.45) is 0. The normalized spacial score (nSPS) is 10.2. The molecule has 2 aromatic carbocycles. The maximum absolute atomic E-state index is 12.1. The Hall–Kier alpha value is -2.01. The molecule has 2 aromatic rings. The van der Waals surface area contributed by atoms with E-state index in [4.69, 9.17) is 0 Å². The number of carbonyl (C=O) groups excluding carboxylic acids is 1. The molecular weight excluding hydrogens is 310 g/mol. The Balaban J connectivity index is 2.28. The summed E-state index contributed by atoms with van der Waals surface area (Å²) < 4.78 is 0. The van der Waals surface area contributed by atoms with Gasteiger partial charge in [-0.1, -0.05) is 34.1 Å². The van der Waals surface area contributed by atoms with Gasteiger partial charge in [-0.15, -0.1) is 0 Å². The number of amides is 1. The summed E-state index contributed by atoms with van der Waals surface area (Å²) in [5, 5.41) is 22.3. The van der Waals surface area contributed by atoms with E-state index in [0.717, 1.165) is 5.56 Å². The fourth-order valence-corrected chi connectivity index (χ4v) is 2.14. The molecule has 0 atom stereocenters. The molecule has 98 valence electrons. The zero-order valence-corrected chi connectivity index (χ0v) is 11.5. The Kier molecular flexibility index (Phi) is 4.06. The molecule has 19 heavy (non-hydrogen) atoms. The van der Waals surface area contributed by atoms with Crippen LogP contribution in [0, 0.1) is 0 Å². The number of phenols is 2. The number of para-hydroxylation sites is 1. The van der Waals surface area contributed by atoms with Crippen LogP contribution < -0.4 is 5.32 Å². The lowest BCUT2D eigenvalue weighted by molar-refractivity contribution is 0.102. The minimum Gasteiger partial charge on any atom is -0.508 e. The van der Waals surface area contributed by atoms with Crippen LogP contribution in [0.2, 0.25) is 0 Å². The van der Waals surface area contributed by atoms with Crippen molar-refractivity contribution in [2.45, 2.75) is 5.33 Å². The van der Waals surface area contributed by atoms with Crippen LogP contribution >= 0.6 is 15.9 Å². The van der Waals surface area contributed by atoms with Crippen molar-refractivity contribution in [2.24, 2.45) is 0 Å². The lowest BCUT2D eigenvalue weighted by Gasteiger charge is -2.10. The van der Waals surface area contributed by atoms with Crippen LogP contribution in [0.4, 0.5) is 5.69 Å². The van der Waals surface area contributed by atoms with E-state index in [1.54, 1.807) is 6.07 Å². The van der Waals surface area contributed by atoms with E-state index < -0.39 is 5.91 Å². The number of carbonyl (C=O) groups is 1. The number of phenolic OH excluding ortho intramolecular Hbond substituents is 2. The summed E-state index contributed by atoms with van der Waals surface area (Å²) in [6, 6.07) is 11.2. The number of rotatable bonds is 3. The van der Waals surface area contributed by atoms with Crippen LogP contribution in [0.5, 0.6) is 11.5 Å². The van der Waals surface area contributed by atoms with Crippen molar-refractivity contribution in [3.63, 3.8) is 0 Å². The van der Waals surface area contributed by atoms with Crippen molar-refractivity contribution < 1.29 is 15.0 Å². The molecule has 0 aliphatic heterocycles. The van der Waals surface area contributed by atoms with Crippen molar-refractivity contribution >= 4 is 27.5 Å². The first kappa shape index (κ1) is 13.4. The van der Waals surface area contributed by atoms with E-state index >= 15 is 0 Å². The van der Waals surface area contributed by atoms with Gasteiger partial charge >= 0.3 is 0 Å². The second-order valence-electron chi connectivity index (χ2n) is 3.95. The summed E-state index contributed by atoms with van der Waals surface area (Å²) >= 11 is 3.34. The predicted octanol–water partition coefficient (Wildman–Crippen LogP) is 3.25. The summed E-state index contributed by atoms with van der Waals surface area (Å²) in [5.74, 6) is -0.717. The van der Waals surface area contributed by atoms with Gasteiger partial charge in [-0.2, -0.15) is 0 Å². The van der Waals surface area contributed by atoms with E-state index in [2.05, 4.69) is 21.2 Å². The Bertz CT molecular complexity index is 613. The number of aromatic hydroxyl groups is 2. The van der Waals surface area contributed by atoms with Crippen LogP contribution in [0.15, 0.2) is 42.5 Å². The Morgan fingerprint density at radius 1 is 1.16 bits per heavy atom. The van der Waals surface area contributed by atoms with E-state index in [9.17, 15) is 15.0 Å². The molecule has 0 spiro atoms. The standard InChI is InChI=1S/C14H12BrNO3/c15-8-9-3-1-2-4-12(9)16-14(19)11-7-10(17)5-6-13(11)18/h1-7,17-18H,8H2,(H,16,19). The fourth-order valence-electron chi connectivity index (χ4n) is 1.65. The highest BCUT2D eigenvalue weighted by Gasteiger charge is 2.13. The number of benzene rings is 2. The monoisotopic (exact) mass is 321 g/mol. The molecule has 0 aliphatic rings. The molecule has 0 radical (unpaired) electrons. The number of nitrogens with one attached hydrogen (secondary N) is 1. The van der Waals surface area contributed by atoms with Crippen LogP contribution in [0.1, 0.15) is 15.9 Å². The predicted molar refractivity (Wildman–Crippen MR) is 76.8 cm³/mol. The zero-order valence-electron chi connectivity index (χ0n) is 9.93. The lowest BCUT2D eigenvalue weighted by atomic mass is 10.1. The van der Waals surface area contributed by atoms with Gasteiger partial charge in [0.05, 0.1) is 5.56 Å². The number of anilines is 1. The average molecular weight is 322 g/mol. The van der Waals surface area contributed by atoms with Gasteiger partial charge in [0.15, 0.2) is 0 Å². The molecule has 0 saturated heterocycles. The van der Waals surface area contributed by atoms with Crippen molar-refractivity contribution in [3.05, 3.63) is 53.6 Å². The van der Waals surface area contributed by atoms with Crippen molar-refractivity contribution in [2.75, 3.05) is 5.32 Å². The highest BCUT2D eigenvalue weighted by Crippen LogP contribution is 2.24. The van der Waals surface area contributed by atoms with Crippen molar-refractivity contribution in [1.82, 2.24) is 0 Å². The van der Waals surface area contributed by atoms with Gasteiger partial charge < -0.3 is 15.5 Å². The molecule has 0 aliphatic carbocycles. The Labute approximate surface area is 118 Å². The second kappa shape index (κ2) is 5.75. The maximum atomic E-state index is 12.1. The highest BCUT2D eigenvalue weighted by atomic mass is 79.9. The topological polar surface area (TPSA) is 69.6 Å². The fraction of sp³-hybridized carbons (Fsp3) is 0.0714. The molecule has 3 N–H and O–H groups in total. The summed E-state index contributed by atoms with van der Waals surface area (Å²) in [5.41, 5.74) is 1.62. The van der Waals surface area contributed by atoms with Gasteiger partial charge in [0.25, 0.3) is 5.91 Å². The Morgan fingerprint density at radius 3 is 2.63 bits per heavy atom. The molecule has 2 rings (SSSR count). The maximum Gasteiger partial charge on any atom is 0.259 e. The van der Waals surface area contributed by atoms with E-state index in [-0.39, 0.29) is 17.1 Å². The molecule has 0 aromatic heterocycles. The Morgan fingerprint density at radius 2 is 1.89 bits per heavy atom. The summed E-state index contributed by atoms with van der Waals surface area (Å²) in [7, 11) is 0. The van der Waals surface area contributed by atoms with Gasteiger partial charge in [0, 0.05) is 11.0 Å². The molecular formula is C14H12BrNO3. The van der Waals surface area contributed by atoms with Crippen LogP contribution in [-0.4, -0.2) is 16.1 Å². The quantitative estimate of drug-likeness (QED) is 0.600. The first-order valence-electron chi connectivity index (χ1n) is 5.59. The first-order valence-corrected chi connectivity index (χ1v) is 6.71. The number of halogens is 1. The van der Waals surface area contributed by atoms with Crippen LogP contribution in [0.3, 0.4) is 0 Å². The van der Waals surface area contributed by atoms with Gasteiger partial charge in [-0.3, -0.25) is 4.79 Å². The van der Waals surface area contributed by atoms with Crippen LogP contribution in [0.25, 0.3) is 0 Å². The molecule has 0 bridgehead atoms. The highest BCUT2D eigenvalue weighted by molar-refractivity contribution is 9.08. The number of hydrogen-bond acceptors (Lipinski definition) is 3. The SMILES string of the molecule is O=C(Nc1ccccc1CBr)c1cc(O)ccc1O.